The summed E-state index contributed by atoms with van der Waals surface area (Å²) in [5.74, 6) is 4.04. The Morgan fingerprint density at radius 2 is 1.87 bits per heavy atom. The molecule has 0 bridgehead atoms. The van der Waals surface area contributed by atoms with Crippen molar-refractivity contribution in [2.75, 3.05) is 20.3 Å². The van der Waals surface area contributed by atoms with Crippen LogP contribution in [0.5, 0.6) is 11.5 Å². The number of rotatable bonds is 12. The molecule has 4 heteroatoms. The van der Waals surface area contributed by atoms with Crippen molar-refractivity contribution in [3.05, 3.63) is 23.8 Å². The molecule has 1 aromatic rings. The first-order valence-corrected chi connectivity index (χ1v) is 12.0. The van der Waals surface area contributed by atoms with E-state index in [-0.39, 0.29) is 11.7 Å². The smallest absolute Gasteiger partial charge is 0.161 e. The predicted molar refractivity (Wildman–Crippen MR) is 124 cm³/mol. The van der Waals surface area contributed by atoms with E-state index in [4.69, 9.17) is 14.2 Å². The van der Waals surface area contributed by atoms with E-state index in [9.17, 15) is 0 Å². The largest absolute Gasteiger partial charge is 0.493 e. The Bertz CT molecular complexity index is 627. The summed E-state index contributed by atoms with van der Waals surface area (Å²) in [5, 5.41) is 2.45. The lowest BCUT2D eigenvalue weighted by atomic mass is 9.75. The Hall–Kier alpha value is -1.26. The van der Waals surface area contributed by atoms with Gasteiger partial charge in [-0.1, -0.05) is 20.3 Å². The van der Waals surface area contributed by atoms with Crippen LogP contribution in [0.3, 0.4) is 0 Å². The Kier molecular flexibility index (Phi) is 9.96. The number of hydrogen-bond donors (Lipinski definition) is 1. The van der Waals surface area contributed by atoms with Gasteiger partial charge in [-0.3, -0.25) is 0 Å². The minimum atomic E-state index is 0.0407. The summed E-state index contributed by atoms with van der Waals surface area (Å²) in [5.41, 5.74) is 1.33. The second-order valence-electron chi connectivity index (χ2n) is 10.3. The molecule has 172 valence electrons. The molecule has 0 amide bonds. The standard InChI is InChI=1S/C26H45NO3/c1-19(2)8-10-22(23-13-15-29-26(5,6)17-23)12-14-27-18-21-9-11-24(30-20(3)4)25(16-21)28-7/h9,11,16,19-20,22-23,27H,8,10,12-15,17-18H2,1-7H3/p+1/t22-,23-/m1/s1. The molecule has 2 rings (SSSR count). The number of methoxy groups -OCH3 is 1. The molecule has 0 unspecified atom stereocenters. The number of nitrogens with two attached hydrogens (primary N) is 1. The van der Waals surface area contributed by atoms with Gasteiger partial charge in [0.15, 0.2) is 11.5 Å². The molecule has 0 aromatic heterocycles. The maximum atomic E-state index is 5.98. The highest BCUT2D eigenvalue weighted by molar-refractivity contribution is 5.42. The van der Waals surface area contributed by atoms with Crippen LogP contribution in [0.4, 0.5) is 0 Å². The van der Waals surface area contributed by atoms with Crippen LogP contribution in [-0.2, 0) is 11.3 Å². The molecule has 1 aliphatic heterocycles. The van der Waals surface area contributed by atoms with Crippen molar-refractivity contribution in [3.8, 4) is 11.5 Å². The highest BCUT2D eigenvalue weighted by Gasteiger charge is 2.33. The van der Waals surface area contributed by atoms with E-state index >= 15 is 0 Å². The molecular weight excluding hydrogens is 374 g/mol. The second-order valence-corrected chi connectivity index (χ2v) is 10.3. The van der Waals surface area contributed by atoms with E-state index in [2.05, 4.69) is 45.1 Å². The number of benzene rings is 1. The van der Waals surface area contributed by atoms with Gasteiger partial charge in [0.05, 0.1) is 25.4 Å². The van der Waals surface area contributed by atoms with Crippen LogP contribution in [0.2, 0.25) is 0 Å². The average Bonchev–Trinajstić information content (AvgIpc) is 2.66. The zero-order valence-corrected chi connectivity index (χ0v) is 20.5. The molecule has 1 aromatic carbocycles. The van der Waals surface area contributed by atoms with Crippen molar-refractivity contribution in [1.29, 1.82) is 0 Å². The molecule has 1 fully saturated rings. The lowest BCUT2D eigenvalue weighted by Crippen LogP contribution is -2.82. The summed E-state index contributed by atoms with van der Waals surface area (Å²) in [7, 11) is 1.71. The third-order valence-electron chi connectivity index (χ3n) is 6.23. The van der Waals surface area contributed by atoms with Crippen LogP contribution in [0.1, 0.15) is 79.2 Å². The highest BCUT2D eigenvalue weighted by Crippen LogP contribution is 2.37. The topological polar surface area (TPSA) is 44.3 Å². The first-order chi connectivity index (χ1) is 14.2. The van der Waals surface area contributed by atoms with E-state index in [1.807, 2.05) is 19.9 Å². The van der Waals surface area contributed by atoms with E-state index in [1.54, 1.807) is 7.11 Å². The van der Waals surface area contributed by atoms with Gasteiger partial charge in [-0.2, -0.15) is 0 Å². The Labute approximate surface area is 185 Å². The van der Waals surface area contributed by atoms with Gasteiger partial charge in [0.1, 0.15) is 6.54 Å². The van der Waals surface area contributed by atoms with Gasteiger partial charge < -0.3 is 19.5 Å². The molecule has 0 spiro atoms. The Morgan fingerprint density at radius 3 is 2.50 bits per heavy atom. The Balaban J connectivity index is 1.88. The van der Waals surface area contributed by atoms with Gasteiger partial charge in [0.2, 0.25) is 0 Å². The molecular formula is C26H46NO3+. The van der Waals surface area contributed by atoms with E-state index in [0.717, 1.165) is 42.4 Å². The second kappa shape index (κ2) is 12.0. The van der Waals surface area contributed by atoms with Crippen molar-refractivity contribution >= 4 is 0 Å². The highest BCUT2D eigenvalue weighted by atomic mass is 16.5. The number of ether oxygens (including phenoxy) is 3. The summed E-state index contributed by atoms with van der Waals surface area (Å²) in [4.78, 5) is 0. The molecule has 0 saturated carbocycles. The molecule has 30 heavy (non-hydrogen) atoms. The maximum absolute atomic E-state index is 5.98. The SMILES string of the molecule is COc1cc(C[NH2+]CC[C@@H](CCC(C)C)[C@@H]2CCOC(C)(C)C2)ccc1OC(C)C. The molecule has 2 atom stereocenters. The van der Waals surface area contributed by atoms with Crippen LogP contribution in [0, 0.1) is 17.8 Å². The monoisotopic (exact) mass is 420 g/mol. The van der Waals surface area contributed by atoms with Gasteiger partial charge in [-0.15, -0.1) is 0 Å². The first-order valence-electron chi connectivity index (χ1n) is 12.0. The van der Waals surface area contributed by atoms with Gasteiger partial charge >= 0.3 is 0 Å². The quantitative estimate of drug-likeness (QED) is 0.473. The average molecular weight is 421 g/mol. The number of quaternary nitrogens is 1. The van der Waals surface area contributed by atoms with Crippen molar-refractivity contribution in [1.82, 2.24) is 0 Å². The molecule has 1 heterocycles. The number of hydrogen-bond acceptors (Lipinski definition) is 3. The van der Waals surface area contributed by atoms with E-state index in [1.165, 1.54) is 44.2 Å². The van der Waals surface area contributed by atoms with Crippen LogP contribution in [-0.4, -0.2) is 32.0 Å². The maximum Gasteiger partial charge on any atom is 0.161 e. The summed E-state index contributed by atoms with van der Waals surface area (Å²) in [6.07, 6.45) is 6.54. The lowest BCUT2D eigenvalue weighted by molar-refractivity contribution is -0.671. The fourth-order valence-corrected chi connectivity index (χ4v) is 4.64. The summed E-state index contributed by atoms with van der Waals surface area (Å²) in [6.45, 7) is 16.3. The van der Waals surface area contributed by atoms with Crippen molar-refractivity contribution < 1.29 is 19.5 Å². The zero-order valence-electron chi connectivity index (χ0n) is 20.5. The Morgan fingerprint density at radius 1 is 1.10 bits per heavy atom. The van der Waals surface area contributed by atoms with Crippen LogP contribution in [0.15, 0.2) is 18.2 Å². The molecule has 1 aliphatic rings. The fourth-order valence-electron chi connectivity index (χ4n) is 4.64. The molecule has 1 saturated heterocycles. The molecule has 0 radical (unpaired) electrons. The van der Waals surface area contributed by atoms with Gasteiger partial charge in [0, 0.05) is 12.2 Å². The van der Waals surface area contributed by atoms with Crippen LogP contribution < -0.4 is 14.8 Å². The van der Waals surface area contributed by atoms with Crippen molar-refractivity contribution in [2.45, 2.75) is 91.9 Å². The van der Waals surface area contributed by atoms with Gasteiger partial charge in [-0.25, -0.2) is 0 Å². The first kappa shape index (κ1) is 25.0. The fraction of sp³-hybridized carbons (Fsp3) is 0.769. The third kappa shape index (κ3) is 8.47. The summed E-state index contributed by atoms with van der Waals surface area (Å²) in [6, 6.07) is 6.32. The minimum Gasteiger partial charge on any atom is -0.493 e. The summed E-state index contributed by atoms with van der Waals surface area (Å²) < 4.78 is 17.3. The molecule has 0 aliphatic carbocycles. The molecule has 2 N–H and O–H groups in total. The predicted octanol–water partition coefficient (Wildman–Crippen LogP) is 5.19. The lowest BCUT2D eigenvalue weighted by Gasteiger charge is -2.39. The zero-order chi connectivity index (χ0) is 22.1. The van der Waals surface area contributed by atoms with Crippen molar-refractivity contribution in [3.63, 3.8) is 0 Å². The van der Waals surface area contributed by atoms with Crippen LogP contribution in [0.25, 0.3) is 0 Å². The van der Waals surface area contributed by atoms with Gasteiger partial charge in [0.25, 0.3) is 0 Å². The van der Waals surface area contributed by atoms with Crippen LogP contribution >= 0.6 is 0 Å². The van der Waals surface area contributed by atoms with Gasteiger partial charge in [-0.05, 0) is 89.3 Å². The normalized spacial score (nSPS) is 19.8. The minimum absolute atomic E-state index is 0.0407. The molecule has 4 nitrogen and oxygen atoms in total. The summed E-state index contributed by atoms with van der Waals surface area (Å²) >= 11 is 0. The van der Waals surface area contributed by atoms with Crippen molar-refractivity contribution in [2.24, 2.45) is 17.8 Å². The third-order valence-corrected chi connectivity index (χ3v) is 6.23. The van der Waals surface area contributed by atoms with E-state index in [0.29, 0.717) is 0 Å². The van der Waals surface area contributed by atoms with E-state index < -0.39 is 0 Å².